The van der Waals surface area contributed by atoms with Crippen molar-refractivity contribution in [3.8, 4) is 0 Å². The van der Waals surface area contributed by atoms with Crippen molar-refractivity contribution in [3.63, 3.8) is 0 Å². The molecule has 2 N–H and O–H groups in total. The van der Waals surface area contributed by atoms with Crippen molar-refractivity contribution in [2.24, 2.45) is 0 Å². The standard InChI is InChI=1S/C13H18N2OS2/c1-9(6-11(16)12-4-3-5-17-12)14-7-13-10(2)15-8-18-13/h3-5,8-9,11,14,16H,6-7H2,1-2H3/t9-,11-/m1/s1. The van der Waals surface area contributed by atoms with Crippen molar-refractivity contribution < 1.29 is 5.11 Å². The molecule has 0 aliphatic heterocycles. The molecule has 0 aliphatic rings. The largest absolute Gasteiger partial charge is 0.388 e. The molecule has 0 unspecified atom stereocenters. The molecule has 0 saturated heterocycles. The fourth-order valence-corrected chi connectivity index (χ4v) is 3.23. The molecule has 98 valence electrons. The van der Waals surface area contributed by atoms with E-state index in [0.717, 1.165) is 23.5 Å². The summed E-state index contributed by atoms with van der Waals surface area (Å²) in [5, 5.41) is 15.5. The van der Waals surface area contributed by atoms with Gasteiger partial charge in [0.05, 0.1) is 17.3 Å². The van der Waals surface area contributed by atoms with E-state index >= 15 is 0 Å². The number of aliphatic hydroxyl groups is 1. The zero-order chi connectivity index (χ0) is 13.0. The van der Waals surface area contributed by atoms with Crippen LogP contribution in [0.3, 0.4) is 0 Å². The first-order chi connectivity index (χ1) is 8.66. The highest BCUT2D eigenvalue weighted by Gasteiger charge is 2.13. The topological polar surface area (TPSA) is 45.2 Å². The lowest BCUT2D eigenvalue weighted by atomic mass is 10.1. The molecule has 0 aliphatic carbocycles. The molecule has 5 heteroatoms. The number of hydrogen-bond acceptors (Lipinski definition) is 5. The van der Waals surface area contributed by atoms with Crippen LogP contribution in [-0.4, -0.2) is 16.1 Å². The molecule has 2 aromatic rings. The van der Waals surface area contributed by atoms with Crippen molar-refractivity contribution in [3.05, 3.63) is 38.5 Å². The first kappa shape index (κ1) is 13.7. The number of hydrogen-bond donors (Lipinski definition) is 2. The molecule has 2 aromatic heterocycles. The van der Waals surface area contributed by atoms with Gasteiger partial charge >= 0.3 is 0 Å². The normalized spacial score (nSPS) is 14.6. The minimum Gasteiger partial charge on any atom is -0.388 e. The summed E-state index contributed by atoms with van der Waals surface area (Å²) in [7, 11) is 0. The second-order valence-corrected chi connectivity index (χ2v) is 6.33. The SMILES string of the molecule is Cc1ncsc1CN[C@H](C)C[C@@H](O)c1cccs1. The van der Waals surface area contributed by atoms with Gasteiger partial charge in [0, 0.05) is 22.3 Å². The van der Waals surface area contributed by atoms with Crippen LogP contribution in [0.15, 0.2) is 23.0 Å². The molecule has 0 bridgehead atoms. The Hall–Kier alpha value is -0.750. The van der Waals surface area contributed by atoms with E-state index in [4.69, 9.17) is 0 Å². The lowest BCUT2D eigenvalue weighted by molar-refractivity contribution is 0.157. The van der Waals surface area contributed by atoms with Crippen LogP contribution in [0.1, 0.15) is 34.9 Å². The first-order valence-electron chi connectivity index (χ1n) is 6.00. The maximum atomic E-state index is 10.1. The van der Waals surface area contributed by atoms with Gasteiger partial charge in [-0.15, -0.1) is 22.7 Å². The quantitative estimate of drug-likeness (QED) is 0.855. The summed E-state index contributed by atoms with van der Waals surface area (Å²) >= 11 is 3.28. The van der Waals surface area contributed by atoms with Gasteiger partial charge in [-0.3, -0.25) is 0 Å². The molecule has 0 amide bonds. The van der Waals surface area contributed by atoms with Crippen LogP contribution in [0.25, 0.3) is 0 Å². The van der Waals surface area contributed by atoms with Gasteiger partial charge in [0.1, 0.15) is 0 Å². The van der Waals surface area contributed by atoms with E-state index in [2.05, 4.69) is 17.2 Å². The third kappa shape index (κ3) is 3.62. The Bertz CT molecular complexity index is 467. The number of nitrogens with one attached hydrogen (secondary N) is 1. The van der Waals surface area contributed by atoms with E-state index in [9.17, 15) is 5.11 Å². The van der Waals surface area contributed by atoms with Crippen LogP contribution in [0.5, 0.6) is 0 Å². The molecule has 0 spiro atoms. The van der Waals surface area contributed by atoms with Crippen molar-refractivity contribution in [2.75, 3.05) is 0 Å². The summed E-state index contributed by atoms with van der Waals surface area (Å²) in [4.78, 5) is 6.54. The predicted molar refractivity (Wildman–Crippen MR) is 77.0 cm³/mol. The highest BCUT2D eigenvalue weighted by atomic mass is 32.1. The van der Waals surface area contributed by atoms with Crippen LogP contribution in [-0.2, 0) is 6.54 Å². The Kier molecular flexibility index (Phi) is 4.88. The van der Waals surface area contributed by atoms with Gasteiger partial charge in [0.2, 0.25) is 0 Å². The summed E-state index contributed by atoms with van der Waals surface area (Å²) in [6.45, 7) is 4.96. The Balaban J connectivity index is 1.79. The van der Waals surface area contributed by atoms with Crippen molar-refractivity contribution >= 4 is 22.7 Å². The number of aryl methyl sites for hydroxylation is 1. The molecule has 0 saturated carbocycles. The average Bonchev–Trinajstić information content (AvgIpc) is 2.97. The molecule has 0 aromatic carbocycles. The summed E-state index contributed by atoms with van der Waals surface area (Å²) in [5.74, 6) is 0. The summed E-state index contributed by atoms with van der Waals surface area (Å²) in [6, 6.07) is 4.24. The smallest absolute Gasteiger partial charge is 0.0896 e. The van der Waals surface area contributed by atoms with E-state index in [0.29, 0.717) is 0 Å². The lowest BCUT2D eigenvalue weighted by Gasteiger charge is -2.16. The van der Waals surface area contributed by atoms with E-state index in [1.54, 1.807) is 22.7 Å². The van der Waals surface area contributed by atoms with Crippen molar-refractivity contribution in [2.45, 2.75) is 39.0 Å². The maximum Gasteiger partial charge on any atom is 0.0896 e. The highest BCUT2D eigenvalue weighted by Crippen LogP contribution is 2.23. The summed E-state index contributed by atoms with van der Waals surface area (Å²) in [5.41, 5.74) is 2.97. The van der Waals surface area contributed by atoms with Crippen LogP contribution >= 0.6 is 22.7 Å². The Morgan fingerprint density at radius 1 is 1.44 bits per heavy atom. The second-order valence-electron chi connectivity index (χ2n) is 4.41. The monoisotopic (exact) mass is 282 g/mol. The maximum absolute atomic E-state index is 10.1. The molecule has 2 atom stereocenters. The fourth-order valence-electron chi connectivity index (χ4n) is 1.78. The third-order valence-corrected chi connectivity index (χ3v) is 4.81. The number of aliphatic hydroxyl groups excluding tert-OH is 1. The van der Waals surface area contributed by atoms with Crippen LogP contribution in [0.4, 0.5) is 0 Å². The molecular weight excluding hydrogens is 264 g/mol. The molecule has 18 heavy (non-hydrogen) atoms. The predicted octanol–water partition coefficient (Wildman–Crippen LogP) is 3.11. The van der Waals surface area contributed by atoms with Crippen LogP contribution < -0.4 is 5.32 Å². The first-order valence-corrected chi connectivity index (χ1v) is 7.76. The van der Waals surface area contributed by atoms with E-state index in [-0.39, 0.29) is 12.1 Å². The summed E-state index contributed by atoms with van der Waals surface area (Å²) < 4.78 is 0. The molecule has 0 fully saturated rings. The summed E-state index contributed by atoms with van der Waals surface area (Å²) in [6.07, 6.45) is 0.369. The van der Waals surface area contributed by atoms with E-state index < -0.39 is 0 Å². The molecule has 2 rings (SSSR count). The van der Waals surface area contributed by atoms with Gasteiger partial charge < -0.3 is 10.4 Å². The second kappa shape index (κ2) is 6.43. The minimum atomic E-state index is -0.366. The Labute approximate surface area is 116 Å². The highest BCUT2D eigenvalue weighted by molar-refractivity contribution is 7.10. The minimum absolute atomic E-state index is 0.281. The Morgan fingerprint density at radius 2 is 2.28 bits per heavy atom. The fraction of sp³-hybridized carbons (Fsp3) is 0.462. The van der Waals surface area contributed by atoms with Crippen molar-refractivity contribution in [1.29, 1.82) is 0 Å². The van der Waals surface area contributed by atoms with E-state index in [1.807, 2.05) is 29.9 Å². The molecule has 0 radical (unpaired) electrons. The van der Waals surface area contributed by atoms with Crippen molar-refractivity contribution in [1.82, 2.24) is 10.3 Å². The Morgan fingerprint density at radius 3 is 2.89 bits per heavy atom. The third-order valence-electron chi connectivity index (χ3n) is 2.90. The van der Waals surface area contributed by atoms with Gasteiger partial charge in [0.25, 0.3) is 0 Å². The number of thiophene rings is 1. The molecule has 3 nitrogen and oxygen atoms in total. The van der Waals surface area contributed by atoms with Gasteiger partial charge in [-0.25, -0.2) is 4.98 Å². The lowest BCUT2D eigenvalue weighted by Crippen LogP contribution is -2.27. The number of rotatable bonds is 6. The van der Waals surface area contributed by atoms with E-state index in [1.165, 1.54) is 4.88 Å². The number of nitrogens with zero attached hydrogens (tertiary/aromatic N) is 1. The van der Waals surface area contributed by atoms with Gasteiger partial charge in [-0.05, 0) is 31.7 Å². The van der Waals surface area contributed by atoms with Gasteiger partial charge in [-0.2, -0.15) is 0 Å². The van der Waals surface area contributed by atoms with Gasteiger partial charge in [-0.1, -0.05) is 6.07 Å². The molecule has 2 heterocycles. The number of aromatic nitrogens is 1. The van der Waals surface area contributed by atoms with Gasteiger partial charge in [0.15, 0.2) is 0 Å². The zero-order valence-electron chi connectivity index (χ0n) is 10.6. The van der Waals surface area contributed by atoms with Crippen LogP contribution in [0, 0.1) is 6.92 Å². The average molecular weight is 282 g/mol. The zero-order valence-corrected chi connectivity index (χ0v) is 12.2. The van der Waals surface area contributed by atoms with Crippen LogP contribution in [0.2, 0.25) is 0 Å². The number of thiazole rings is 1. The molecular formula is C13H18N2OS2.